The average Bonchev–Trinajstić information content (AvgIpc) is 2.49. The van der Waals surface area contributed by atoms with Gasteiger partial charge in [0.25, 0.3) is 0 Å². The van der Waals surface area contributed by atoms with E-state index in [-0.39, 0.29) is 0 Å². The van der Waals surface area contributed by atoms with Crippen LogP contribution in [0.15, 0.2) is 77.5 Å². The molecule has 0 atom stereocenters. The summed E-state index contributed by atoms with van der Waals surface area (Å²) in [6, 6.07) is 19.7. The molecule has 0 unspecified atom stereocenters. The van der Waals surface area contributed by atoms with Gasteiger partial charge in [0.2, 0.25) is 0 Å². The topological polar surface area (TPSA) is 22.1 Å². The van der Waals surface area contributed by atoms with Gasteiger partial charge < -0.3 is 4.74 Å². The van der Waals surface area contributed by atoms with E-state index in [9.17, 15) is 0 Å². The highest BCUT2D eigenvalue weighted by molar-refractivity contribution is 9.10. The summed E-state index contributed by atoms with van der Waals surface area (Å²) in [5.41, 5.74) is 2.04. The van der Waals surface area contributed by atoms with Crippen LogP contribution >= 0.6 is 15.9 Å². The molecular weight excluding hydrogens is 314 g/mol. The van der Waals surface area contributed by atoms with Crippen molar-refractivity contribution in [2.45, 2.75) is 0 Å². The van der Waals surface area contributed by atoms with Gasteiger partial charge >= 0.3 is 0 Å². The summed E-state index contributed by atoms with van der Waals surface area (Å²) in [6.07, 6.45) is 3.60. The van der Waals surface area contributed by atoms with Crippen LogP contribution in [0.3, 0.4) is 0 Å². The minimum atomic E-state index is 0.818. The standard InChI is InChI=1S/C17H12BrNO/c18-14-10-13(11-19-12-14)16-8-4-5-9-17(16)20-15-6-2-1-3-7-15/h1-12H. The maximum absolute atomic E-state index is 5.96. The molecule has 0 fully saturated rings. The van der Waals surface area contributed by atoms with Crippen LogP contribution in [0, 0.1) is 0 Å². The van der Waals surface area contributed by atoms with E-state index in [1.807, 2.05) is 66.9 Å². The molecule has 0 aliphatic rings. The van der Waals surface area contributed by atoms with Crippen LogP contribution in [0.1, 0.15) is 0 Å². The van der Waals surface area contributed by atoms with E-state index >= 15 is 0 Å². The number of aromatic nitrogens is 1. The maximum Gasteiger partial charge on any atom is 0.135 e. The number of halogens is 1. The molecule has 3 heteroatoms. The van der Waals surface area contributed by atoms with Crippen molar-refractivity contribution in [2.24, 2.45) is 0 Å². The average molecular weight is 326 g/mol. The van der Waals surface area contributed by atoms with E-state index in [1.54, 1.807) is 6.20 Å². The van der Waals surface area contributed by atoms with Crippen molar-refractivity contribution >= 4 is 15.9 Å². The summed E-state index contributed by atoms with van der Waals surface area (Å²) in [6.45, 7) is 0. The third kappa shape index (κ3) is 2.89. The van der Waals surface area contributed by atoms with Gasteiger partial charge in [0.1, 0.15) is 11.5 Å². The minimum absolute atomic E-state index is 0.818. The van der Waals surface area contributed by atoms with Crippen molar-refractivity contribution in [3.8, 4) is 22.6 Å². The van der Waals surface area contributed by atoms with Crippen molar-refractivity contribution < 1.29 is 4.74 Å². The predicted molar refractivity (Wildman–Crippen MR) is 83.9 cm³/mol. The van der Waals surface area contributed by atoms with Crippen molar-refractivity contribution in [1.82, 2.24) is 4.98 Å². The van der Waals surface area contributed by atoms with Crippen molar-refractivity contribution in [3.05, 3.63) is 77.5 Å². The zero-order valence-electron chi connectivity index (χ0n) is 10.7. The number of rotatable bonds is 3. The van der Waals surface area contributed by atoms with E-state index in [4.69, 9.17) is 4.74 Å². The lowest BCUT2D eigenvalue weighted by atomic mass is 10.1. The summed E-state index contributed by atoms with van der Waals surface area (Å²) in [5, 5.41) is 0. The summed E-state index contributed by atoms with van der Waals surface area (Å²) in [7, 11) is 0. The van der Waals surface area contributed by atoms with Crippen LogP contribution in [-0.2, 0) is 0 Å². The summed E-state index contributed by atoms with van der Waals surface area (Å²) >= 11 is 3.45. The fourth-order valence-electron chi connectivity index (χ4n) is 1.97. The molecule has 3 rings (SSSR count). The van der Waals surface area contributed by atoms with Gasteiger partial charge in [-0.25, -0.2) is 0 Å². The zero-order chi connectivity index (χ0) is 13.8. The SMILES string of the molecule is Brc1cncc(-c2ccccc2Oc2ccccc2)c1. The Morgan fingerprint density at radius 2 is 1.60 bits per heavy atom. The van der Waals surface area contributed by atoms with Crippen LogP contribution in [0.5, 0.6) is 11.5 Å². The molecule has 1 aromatic heterocycles. The second-order valence-corrected chi connectivity index (χ2v) is 5.22. The Bertz CT molecular complexity index is 713. The smallest absolute Gasteiger partial charge is 0.135 e. The molecule has 0 saturated heterocycles. The summed E-state index contributed by atoms with van der Waals surface area (Å²) < 4.78 is 6.91. The monoisotopic (exact) mass is 325 g/mol. The molecule has 3 aromatic rings. The molecule has 0 N–H and O–H groups in total. The minimum Gasteiger partial charge on any atom is -0.457 e. The Balaban J connectivity index is 2.00. The molecule has 2 aromatic carbocycles. The van der Waals surface area contributed by atoms with E-state index in [1.165, 1.54) is 0 Å². The Morgan fingerprint density at radius 3 is 2.40 bits per heavy atom. The Morgan fingerprint density at radius 1 is 0.850 bits per heavy atom. The normalized spacial score (nSPS) is 10.2. The number of ether oxygens (including phenoxy) is 1. The third-order valence-corrected chi connectivity index (χ3v) is 3.31. The molecular formula is C17H12BrNO. The highest BCUT2D eigenvalue weighted by Gasteiger charge is 2.07. The molecule has 1 heterocycles. The fraction of sp³-hybridized carbons (Fsp3) is 0. The number of hydrogen-bond acceptors (Lipinski definition) is 2. The highest BCUT2D eigenvalue weighted by Crippen LogP contribution is 2.33. The predicted octanol–water partition coefficient (Wildman–Crippen LogP) is 5.30. The summed E-state index contributed by atoms with van der Waals surface area (Å²) in [5.74, 6) is 1.64. The van der Waals surface area contributed by atoms with Gasteiger partial charge in [0, 0.05) is 28.0 Å². The van der Waals surface area contributed by atoms with Gasteiger partial charge in [0.05, 0.1) is 0 Å². The van der Waals surface area contributed by atoms with Crippen LogP contribution in [0.25, 0.3) is 11.1 Å². The number of pyridine rings is 1. The van der Waals surface area contributed by atoms with E-state index in [2.05, 4.69) is 20.9 Å². The van der Waals surface area contributed by atoms with Gasteiger partial charge in [0.15, 0.2) is 0 Å². The maximum atomic E-state index is 5.96. The number of nitrogens with zero attached hydrogens (tertiary/aromatic N) is 1. The van der Waals surface area contributed by atoms with Crippen molar-refractivity contribution in [1.29, 1.82) is 0 Å². The van der Waals surface area contributed by atoms with Gasteiger partial charge in [-0.2, -0.15) is 0 Å². The Labute approximate surface area is 126 Å². The second-order valence-electron chi connectivity index (χ2n) is 4.30. The Hall–Kier alpha value is -2.13. The van der Waals surface area contributed by atoms with Crippen LogP contribution in [0.4, 0.5) is 0 Å². The van der Waals surface area contributed by atoms with Gasteiger partial charge in [-0.05, 0) is 40.2 Å². The zero-order valence-corrected chi connectivity index (χ0v) is 12.2. The fourth-order valence-corrected chi connectivity index (χ4v) is 2.33. The lowest BCUT2D eigenvalue weighted by molar-refractivity contribution is 0.484. The first-order valence-corrected chi connectivity index (χ1v) is 7.05. The molecule has 0 radical (unpaired) electrons. The molecule has 0 amide bonds. The molecule has 0 aliphatic heterocycles. The first-order chi connectivity index (χ1) is 9.83. The molecule has 2 nitrogen and oxygen atoms in total. The lowest BCUT2D eigenvalue weighted by Crippen LogP contribution is -1.88. The van der Waals surface area contributed by atoms with Crippen molar-refractivity contribution in [2.75, 3.05) is 0 Å². The third-order valence-electron chi connectivity index (χ3n) is 2.87. The van der Waals surface area contributed by atoms with Crippen LogP contribution < -0.4 is 4.74 Å². The first kappa shape index (κ1) is 12.9. The number of para-hydroxylation sites is 2. The summed E-state index contributed by atoms with van der Waals surface area (Å²) in [4.78, 5) is 4.21. The van der Waals surface area contributed by atoms with E-state index in [0.29, 0.717) is 0 Å². The molecule has 98 valence electrons. The van der Waals surface area contributed by atoms with E-state index in [0.717, 1.165) is 27.1 Å². The van der Waals surface area contributed by atoms with Crippen LogP contribution in [-0.4, -0.2) is 4.98 Å². The molecule has 0 spiro atoms. The van der Waals surface area contributed by atoms with Crippen LogP contribution in [0.2, 0.25) is 0 Å². The number of benzene rings is 2. The molecule has 0 bridgehead atoms. The quantitative estimate of drug-likeness (QED) is 0.651. The molecule has 20 heavy (non-hydrogen) atoms. The first-order valence-electron chi connectivity index (χ1n) is 6.26. The molecule has 0 saturated carbocycles. The lowest BCUT2D eigenvalue weighted by Gasteiger charge is -2.11. The largest absolute Gasteiger partial charge is 0.457 e. The Kier molecular flexibility index (Phi) is 3.79. The van der Waals surface area contributed by atoms with Gasteiger partial charge in [-0.15, -0.1) is 0 Å². The van der Waals surface area contributed by atoms with Gasteiger partial charge in [-0.3, -0.25) is 4.98 Å². The molecule has 0 aliphatic carbocycles. The van der Waals surface area contributed by atoms with Crippen molar-refractivity contribution in [3.63, 3.8) is 0 Å². The van der Waals surface area contributed by atoms with E-state index < -0.39 is 0 Å². The number of hydrogen-bond donors (Lipinski definition) is 0. The van der Waals surface area contributed by atoms with Gasteiger partial charge in [-0.1, -0.05) is 36.4 Å². The second kappa shape index (κ2) is 5.88. The highest BCUT2D eigenvalue weighted by atomic mass is 79.9.